The number of hydrogen-bond acceptors (Lipinski definition) is 4. The smallest absolute Gasteiger partial charge is 0.408 e. The van der Waals surface area contributed by atoms with Gasteiger partial charge in [-0.05, 0) is 26.3 Å². The fraction of sp³-hybridized carbons (Fsp3) is 0.353. The number of alkyl carbamates (subject to hydrolysis) is 1. The number of hydrogen-bond donors (Lipinski definition) is 1. The van der Waals surface area contributed by atoms with Gasteiger partial charge in [0.1, 0.15) is 5.60 Å². The Bertz CT molecular complexity index is 594. The third-order valence-electron chi connectivity index (χ3n) is 2.92. The van der Waals surface area contributed by atoms with Crippen molar-refractivity contribution in [3.8, 4) is 0 Å². The van der Waals surface area contributed by atoms with Crippen molar-refractivity contribution >= 4 is 6.09 Å². The SMILES string of the molecule is CC(C)(C)OC(=O)NC(Cc1cnccn1)c1ccccc1. The van der Waals surface area contributed by atoms with Crippen LogP contribution in [0.15, 0.2) is 48.9 Å². The van der Waals surface area contributed by atoms with Crippen LogP contribution in [-0.2, 0) is 11.2 Å². The molecule has 1 aromatic carbocycles. The lowest BCUT2D eigenvalue weighted by molar-refractivity contribution is 0.0503. The molecule has 1 aromatic heterocycles. The highest BCUT2D eigenvalue weighted by Gasteiger charge is 2.21. The molecule has 0 saturated heterocycles. The third-order valence-corrected chi connectivity index (χ3v) is 2.92. The number of benzene rings is 1. The third kappa shape index (κ3) is 5.16. The first kappa shape index (κ1) is 15.9. The van der Waals surface area contributed by atoms with Gasteiger partial charge in [0.05, 0.1) is 11.7 Å². The van der Waals surface area contributed by atoms with Gasteiger partial charge in [-0.1, -0.05) is 30.3 Å². The summed E-state index contributed by atoms with van der Waals surface area (Å²) in [4.78, 5) is 20.4. The van der Waals surface area contributed by atoms with Gasteiger partial charge in [-0.3, -0.25) is 9.97 Å². The van der Waals surface area contributed by atoms with Crippen molar-refractivity contribution in [2.24, 2.45) is 0 Å². The Morgan fingerprint density at radius 2 is 1.95 bits per heavy atom. The first-order valence-electron chi connectivity index (χ1n) is 7.23. The monoisotopic (exact) mass is 299 g/mol. The molecule has 2 aromatic rings. The van der Waals surface area contributed by atoms with Gasteiger partial charge in [-0.25, -0.2) is 4.79 Å². The molecule has 2 rings (SSSR count). The Hall–Kier alpha value is -2.43. The van der Waals surface area contributed by atoms with Crippen molar-refractivity contribution in [2.75, 3.05) is 0 Å². The van der Waals surface area contributed by atoms with Gasteiger partial charge < -0.3 is 10.1 Å². The Morgan fingerprint density at radius 1 is 1.23 bits per heavy atom. The fourth-order valence-electron chi connectivity index (χ4n) is 2.03. The van der Waals surface area contributed by atoms with E-state index in [0.717, 1.165) is 11.3 Å². The zero-order valence-corrected chi connectivity index (χ0v) is 13.1. The minimum atomic E-state index is -0.530. The second kappa shape index (κ2) is 7.02. The highest BCUT2D eigenvalue weighted by Crippen LogP contribution is 2.18. The zero-order chi connectivity index (χ0) is 16.0. The minimum absolute atomic E-state index is 0.215. The van der Waals surface area contributed by atoms with Crippen LogP contribution in [-0.4, -0.2) is 21.7 Å². The Labute approximate surface area is 130 Å². The molecule has 0 aliphatic rings. The van der Waals surface area contributed by atoms with Crippen LogP contribution in [0.25, 0.3) is 0 Å². The van der Waals surface area contributed by atoms with Crippen LogP contribution in [0, 0.1) is 0 Å². The molecule has 116 valence electrons. The van der Waals surface area contributed by atoms with E-state index in [2.05, 4.69) is 15.3 Å². The average molecular weight is 299 g/mol. The summed E-state index contributed by atoms with van der Waals surface area (Å²) in [5.74, 6) is 0. The number of amides is 1. The van der Waals surface area contributed by atoms with E-state index in [1.165, 1.54) is 0 Å². The molecule has 1 heterocycles. The van der Waals surface area contributed by atoms with Crippen LogP contribution < -0.4 is 5.32 Å². The molecule has 0 saturated carbocycles. The standard InChI is InChI=1S/C17H21N3O2/c1-17(2,3)22-16(21)20-15(13-7-5-4-6-8-13)11-14-12-18-9-10-19-14/h4-10,12,15H,11H2,1-3H3,(H,20,21). The molecular weight excluding hydrogens is 278 g/mol. The van der Waals surface area contributed by atoms with Crippen molar-refractivity contribution in [1.29, 1.82) is 0 Å². The largest absolute Gasteiger partial charge is 0.444 e. The van der Waals surface area contributed by atoms with E-state index in [1.807, 2.05) is 51.1 Å². The van der Waals surface area contributed by atoms with Gasteiger partial charge in [0.2, 0.25) is 0 Å². The summed E-state index contributed by atoms with van der Waals surface area (Å²) in [5, 5.41) is 2.91. The number of carbonyl (C=O) groups excluding carboxylic acids is 1. The van der Waals surface area contributed by atoms with Gasteiger partial charge in [-0.15, -0.1) is 0 Å². The maximum absolute atomic E-state index is 12.1. The number of nitrogens with one attached hydrogen (secondary N) is 1. The first-order valence-corrected chi connectivity index (χ1v) is 7.23. The number of carbonyl (C=O) groups is 1. The predicted octanol–water partition coefficient (Wildman–Crippen LogP) is 3.29. The molecule has 0 fully saturated rings. The summed E-state index contributed by atoms with van der Waals surface area (Å²) in [6.07, 6.45) is 5.09. The summed E-state index contributed by atoms with van der Waals surface area (Å²) >= 11 is 0. The van der Waals surface area contributed by atoms with E-state index >= 15 is 0 Å². The second-order valence-corrected chi connectivity index (χ2v) is 6.01. The van der Waals surface area contributed by atoms with Crippen LogP contribution in [0.4, 0.5) is 4.79 Å². The topological polar surface area (TPSA) is 64.1 Å². The first-order chi connectivity index (χ1) is 10.4. The molecule has 5 nitrogen and oxygen atoms in total. The molecule has 1 amide bonds. The number of rotatable bonds is 4. The minimum Gasteiger partial charge on any atom is -0.444 e. The number of nitrogens with zero attached hydrogens (tertiary/aromatic N) is 2. The van der Waals surface area contributed by atoms with E-state index in [9.17, 15) is 4.79 Å². The van der Waals surface area contributed by atoms with Gasteiger partial charge >= 0.3 is 6.09 Å². The van der Waals surface area contributed by atoms with Gasteiger partial charge in [0, 0.05) is 25.0 Å². The maximum Gasteiger partial charge on any atom is 0.408 e. The average Bonchev–Trinajstić information content (AvgIpc) is 2.47. The van der Waals surface area contributed by atoms with Crippen LogP contribution in [0.1, 0.15) is 38.1 Å². The molecule has 1 atom stereocenters. The van der Waals surface area contributed by atoms with E-state index in [4.69, 9.17) is 4.74 Å². The van der Waals surface area contributed by atoms with Gasteiger partial charge in [0.25, 0.3) is 0 Å². The van der Waals surface area contributed by atoms with Crippen molar-refractivity contribution in [2.45, 2.75) is 38.8 Å². The molecule has 0 radical (unpaired) electrons. The van der Waals surface area contributed by atoms with Crippen LogP contribution in [0.5, 0.6) is 0 Å². The van der Waals surface area contributed by atoms with Gasteiger partial charge in [-0.2, -0.15) is 0 Å². The molecule has 0 bridgehead atoms. The molecule has 1 N–H and O–H groups in total. The Kier molecular flexibility index (Phi) is 5.09. The van der Waals surface area contributed by atoms with E-state index in [0.29, 0.717) is 6.42 Å². The molecule has 0 aliphatic heterocycles. The summed E-state index contributed by atoms with van der Waals surface area (Å²) < 4.78 is 5.34. The highest BCUT2D eigenvalue weighted by atomic mass is 16.6. The lowest BCUT2D eigenvalue weighted by atomic mass is 10.0. The maximum atomic E-state index is 12.1. The van der Waals surface area contributed by atoms with Crippen molar-refractivity contribution in [3.63, 3.8) is 0 Å². The van der Waals surface area contributed by atoms with Crippen LogP contribution in [0.2, 0.25) is 0 Å². The molecular formula is C17H21N3O2. The normalized spacial score (nSPS) is 12.5. The summed E-state index contributed by atoms with van der Waals surface area (Å²) in [6, 6.07) is 9.55. The quantitative estimate of drug-likeness (QED) is 0.941. The summed E-state index contributed by atoms with van der Waals surface area (Å²) in [6.45, 7) is 5.52. The Morgan fingerprint density at radius 3 is 2.55 bits per heavy atom. The zero-order valence-electron chi connectivity index (χ0n) is 13.1. The molecule has 22 heavy (non-hydrogen) atoms. The van der Waals surface area contributed by atoms with Crippen molar-refractivity contribution in [1.82, 2.24) is 15.3 Å². The lowest BCUT2D eigenvalue weighted by Gasteiger charge is -2.23. The van der Waals surface area contributed by atoms with Gasteiger partial charge in [0.15, 0.2) is 0 Å². The Balaban J connectivity index is 2.14. The summed E-state index contributed by atoms with van der Waals surface area (Å²) in [5.41, 5.74) is 1.28. The van der Waals surface area contributed by atoms with Crippen LogP contribution in [0.3, 0.4) is 0 Å². The molecule has 5 heteroatoms. The number of aromatic nitrogens is 2. The van der Waals surface area contributed by atoms with E-state index in [-0.39, 0.29) is 6.04 Å². The van der Waals surface area contributed by atoms with Crippen molar-refractivity contribution < 1.29 is 9.53 Å². The molecule has 0 aliphatic carbocycles. The van der Waals surface area contributed by atoms with Crippen molar-refractivity contribution in [3.05, 3.63) is 60.2 Å². The molecule has 0 spiro atoms. The van der Waals surface area contributed by atoms with E-state index < -0.39 is 11.7 Å². The van der Waals surface area contributed by atoms with Crippen LogP contribution >= 0.6 is 0 Å². The lowest BCUT2D eigenvalue weighted by Crippen LogP contribution is -2.35. The van der Waals surface area contributed by atoms with E-state index in [1.54, 1.807) is 18.6 Å². The predicted molar refractivity (Wildman–Crippen MR) is 84.3 cm³/mol. The fourth-order valence-corrected chi connectivity index (χ4v) is 2.03. The highest BCUT2D eigenvalue weighted by molar-refractivity contribution is 5.68. The molecule has 1 unspecified atom stereocenters. The second-order valence-electron chi connectivity index (χ2n) is 6.01. The number of ether oxygens (including phenoxy) is 1. The summed E-state index contributed by atoms with van der Waals surface area (Å²) in [7, 11) is 0.